The van der Waals surface area contributed by atoms with E-state index in [0.29, 0.717) is 6.64 Å². The minimum absolute atomic E-state index is 0.342. The van der Waals surface area contributed by atoms with Gasteiger partial charge in [-0.15, -0.1) is 0 Å². The number of ether oxygens (including phenoxy) is 1. The number of methoxy groups -OCH3 is 1. The van der Waals surface area contributed by atoms with E-state index in [0.717, 1.165) is 0 Å². The van der Waals surface area contributed by atoms with Crippen molar-refractivity contribution in [3.8, 4) is 0 Å². The van der Waals surface area contributed by atoms with Crippen LogP contribution in [0.1, 0.15) is 10.4 Å². The number of esters is 1. The summed E-state index contributed by atoms with van der Waals surface area (Å²) >= 11 is -3.42. The molecule has 0 aliphatic carbocycles. The summed E-state index contributed by atoms with van der Waals surface area (Å²) in [6, 6.07) is 6.65. The maximum absolute atomic E-state index is 11.5. The Kier molecular flexibility index (Phi) is 4.80. The Bertz CT molecular complexity index is 327. The molecule has 1 rings (SSSR count). The van der Waals surface area contributed by atoms with Gasteiger partial charge in [-0.1, -0.05) is 0 Å². The molecule has 0 fully saturated rings. The summed E-state index contributed by atoms with van der Waals surface area (Å²) in [5.41, 5.74) is 0.342. The summed E-state index contributed by atoms with van der Waals surface area (Å²) in [4.78, 5) is 11.3. The van der Waals surface area contributed by atoms with Crippen molar-refractivity contribution in [1.82, 2.24) is 0 Å². The second-order valence-corrected chi connectivity index (χ2v) is 7.31. The van der Waals surface area contributed by atoms with Gasteiger partial charge in [0.15, 0.2) is 0 Å². The van der Waals surface area contributed by atoms with Crippen LogP contribution >= 0.6 is 0 Å². The summed E-state index contributed by atoms with van der Waals surface area (Å²) in [5, 5.41) is 0. The van der Waals surface area contributed by atoms with E-state index >= 15 is 0 Å². The number of hydrogen-bond donors (Lipinski definition) is 0. The van der Waals surface area contributed by atoms with Crippen LogP contribution in [0.5, 0.6) is 0 Å². The van der Waals surface area contributed by atoms with Gasteiger partial charge in [0, 0.05) is 0 Å². The zero-order valence-electron chi connectivity index (χ0n) is 7.94. The second kappa shape index (κ2) is 5.65. The molecular weight excluding hydrogens is 312 g/mol. The van der Waals surface area contributed by atoms with Crippen LogP contribution in [-0.2, 0) is 6.63 Å². The molecule has 0 aliphatic rings. The van der Waals surface area contributed by atoms with Crippen LogP contribution in [0.4, 0.5) is 0 Å². The van der Waals surface area contributed by atoms with Crippen LogP contribution in [0.2, 0.25) is 0 Å². The van der Waals surface area contributed by atoms with E-state index < -0.39 is 42.1 Å². The second-order valence-electron chi connectivity index (χ2n) is 2.53. The third kappa shape index (κ3) is 2.66. The minimum atomic E-state index is -3.42. The Morgan fingerprint density at radius 2 is 1.93 bits per heavy atom. The van der Waals surface area contributed by atoms with Gasteiger partial charge in [0.1, 0.15) is 0 Å². The summed E-state index contributed by atoms with van der Waals surface area (Å²) in [6.07, 6.45) is 0. The first-order chi connectivity index (χ1) is 6.70. The topological polar surface area (TPSA) is 52.6 Å². The first-order valence-corrected chi connectivity index (χ1v) is 8.09. The fraction of sp³-hybridized carbons (Fsp3) is 0.222. The van der Waals surface area contributed by atoms with E-state index in [1.165, 1.54) is 14.2 Å². The van der Waals surface area contributed by atoms with Crippen LogP contribution in [0.15, 0.2) is 24.3 Å². The Labute approximate surface area is 97.7 Å². The third-order valence-corrected chi connectivity index (χ3v) is 5.65. The van der Waals surface area contributed by atoms with Gasteiger partial charge in [-0.2, -0.15) is 0 Å². The molecule has 0 unspecified atom stereocenters. The maximum atomic E-state index is 11.5. The van der Waals surface area contributed by atoms with E-state index in [1.54, 1.807) is 24.3 Å². The average Bonchev–Trinajstić information content (AvgIpc) is 2.27. The normalized spacial score (nSPS) is 9.57. The molecule has 0 radical (unpaired) electrons. The molecule has 14 heavy (non-hydrogen) atoms. The van der Waals surface area contributed by atoms with Gasteiger partial charge < -0.3 is 0 Å². The summed E-state index contributed by atoms with van der Waals surface area (Å²) < 4.78 is 21.4. The molecular formula is C9H10CeO4. The van der Waals surface area contributed by atoms with E-state index in [1.807, 2.05) is 0 Å². The fourth-order valence-corrected chi connectivity index (χ4v) is 3.75. The van der Waals surface area contributed by atoms with Gasteiger partial charge in [-0.05, 0) is 0 Å². The van der Waals surface area contributed by atoms with E-state index in [4.69, 9.17) is 0.951 Å². The molecule has 0 spiro atoms. The van der Waals surface area contributed by atoms with Gasteiger partial charge in [-0.3, -0.25) is 0 Å². The molecule has 0 heterocycles. The van der Waals surface area contributed by atoms with Crippen molar-refractivity contribution in [3.63, 3.8) is 0 Å². The zero-order valence-corrected chi connectivity index (χ0v) is 11.1. The van der Waals surface area contributed by atoms with Crippen molar-refractivity contribution < 1.29 is 47.6 Å². The summed E-state index contributed by atoms with van der Waals surface area (Å²) in [5.74, 6) is -0.476. The summed E-state index contributed by atoms with van der Waals surface area (Å²) in [7, 11) is 2.69. The van der Waals surface area contributed by atoms with Crippen molar-refractivity contribution in [1.29, 1.82) is 0 Å². The SMILES string of the molecule is COC(=O)c1cccc[c]1[Ce](=[O])[O]C. The molecule has 0 atom stereocenters. The van der Waals surface area contributed by atoms with Crippen molar-refractivity contribution >= 4 is 7.05 Å². The van der Waals surface area contributed by atoms with Crippen LogP contribution < -0.4 is 1.08 Å². The Hall–Kier alpha value is -0.173. The Morgan fingerprint density at radius 1 is 1.29 bits per heavy atom. The van der Waals surface area contributed by atoms with Gasteiger partial charge >= 0.3 is 98.7 Å². The molecule has 0 aromatic heterocycles. The molecule has 74 valence electrons. The summed E-state index contributed by atoms with van der Waals surface area (Å²) in [6.45, 7) is 0. The number of carbonyl (C=O) groups is 1. The zero-order chi connectivity index (χ0) is 10.6. The van der Waals surface area contributed by atoms with E-state index in [2.05, 4.69) is 4.74 Å². The number of rotatable bonds is 3. The first kappa shape index (κ1) is 11.9. The Balaban J connectivity index is 3.15. The monoisotopic (exact) mass is 322 g/mol. The molecule has 1 aromatic carbocycles. The standard InChI is InChI=1S/C8H7O2.CH3O.Ce.O/c1-10-8(9)7-5-3-2-4-6-7;1-2;;/h2-5H,1H3;1H3;;/q;-1;+1;. The van der Waals surface area contributed by atoms with E-state index in [9.17, 15) is 5.73 Å². The Morgan fingerprint density at radius 3 is 2.50 bits per heavy atom. The van der Waals surface area contributed by atoms with Gasteiger partial charge in [0.25, 0.3) is 0 Å². The molecule has 4 nitrogen and oxygen atoms in total. The van der Waals surface area contributed by atoms with Crippen LogP contribution in [-0.4, -0.2) is 20.2 Å². The van der Waals surface area contributed by atoms with E-state index in [-0.39, 0.29) is 0 Å². The molecule has 0 saturated heterocycles. The molecule has 0 amide bonds. The predicted molar refractivity (Wildman–Crippen MR) is 45.1 cm³/mol. The van der Waals surface area contributed by atoms with Crippen molar-refractivity contribution in [2.24, 2.45) is 0 Å². The van der Waals surface area contributed by atoms with Crippen molar-refractivity contribution in [3.05, 3.63) is 29.8 Å². The molecule has 5 heteroatoms. The number of hydrogen-bond acceptors (Lipinski definition) is 4. The number of benzene rings is 1. The first-order valence-electron chi connectivity index (χ1n) is 3.96. The quantitative estimate of drug-likeness (QED) is 0.766. The van der Waals surface area contributed by atoms with Crippen LogP contribution in [0.3, 0.4) is 0 Å². The third-order valence-electron chi connectivity index (χ3n) is 1.74. The van der Waals surface area contributed by atoms with Crippen molar-refractivity contribution in [2.45, 2.75) is 0 Å². The van der Waals surface area contributed by atoms with Crippen LogP contribution in [0.25, 0.3) is 0 Å². The molecule has 0 saturated carbocycles. The predicted octanol–water partition coefficient (Wildman–Crippen LogP) is 0.626. The van der Waals surface area contributed by atoms with Gasteiger partial charge in [0.2, 0.25) is 0 Å². The van der Waals surface area contributed by atoms with Gasteiger partial charge in [0.05, 0.1) is 0 Å². The average molecular weight is 322 g/mol. The fourth-order valence-electron chi connectivity index (χ4n) is 1.06. The molecule has 0 aliphatic heterocycles. The molecule has 0 N–H and O–H groups in total. The number of carbonyl (C=O) groups excluding carboxylic acids is 1. The van der Waals surface area contributed by atoms with Gasteiger partial charge in [-0.25, -0.2) is 0 Å². The molecule has 0 bridgehead atoms. The molecule has 1 aromatic rings. The van der Waals surface area contributed by atoms with Crippen LogP contribution in [0, 0.1) is 36.2 Å². The van der Waals surface area contributed by atoms with Crippen molar-refractivity contribution in [2.75, 3.05) is 14.2 Å².